The highest BCUT2D eigenvalue weighted by Gasteiger charge is 2.26. The molecule has 0 aliphatic rings. The Morgan fingerprint density at radius 3 is 2.19 bits per heavy atom. The first-order chi connectivity index (χ1) is 17.1. The largest absolute Gasteiger partial charge is 0.484 e. The average Bonchev–Trinajstić information content (AvgIpc) is 2.87. The molecule has 0 fully saturated rings. The summed E-state index contributed by atoms with van der Waals surface area (Å²) in [5.41, 5.74) is 1.00. The summed E-state index contributed by atoms with van der Waals surface area (Å²) in [4.78, 5) is 26.5. The van der Waals surface area contributed by atoms with Gasteiger partial charge in [-0.25, -0.2) is 12.8 Å². The van der Waals surface area contributed by atoms with E-state index in [1.807, 2.05) is 0 Å². The van der Waals surface area contributed by atoms with Crippen molar-refractivity contribution in [3.8, 4) is 5.75 Å². The van der Waals surface area contributed by atoms with Gasteiger partial charge in [-0.1, -0.05) is 23.7 Å². The van der Waals surface area contributed by atoms with Crippen molar-refractivity contribution in [3.63, 3.8) is 0 Å². The molecule has 3 aromatic rings. The van der Waals surface area contributed by atoms with E-state index in [0.29, 0.717) is 5.02 Å². The Labute approximate surface area is 214 Å². The molecule has 11 heteroatoms. The lowest BCUT2D eigenvalue weighted by Gasteiger charge is -2.28. The van der Waals surface area contributed by atoms with Crippen LogP contribution in [0, 0.1) is 5.82 Å². The van der Waals surface area contributed by atoms with Gasteiger partial charge < -0.3 is 15.0 Å². The van der Waals surface area contributed by atoms with E-state index in [-0.39, 0.29) is 35.4 Å². The number of likely N-dealkylation sites (N-methyl/N-ethyl adjacent to an activating group) is 1. The minimum Gasteiger partial charge on any atom is -0.484 e. The standard InChI is InChI=1S/C25H25ClFN3O5S/c1-17(25(32)28-2)30(15-18-3-5-19(26)6-4-18)24(31)16-35-22-11-13-23(14-12-22)36(33,34)29-21-9-7-20(27)8-10-21/h3-14,17,29H,15-16H2,1-2H3,(H,28,32). The van der Waals surface area contributed by atoms with Crippen LogP contribution in [0.2, 0.25) is 5.02 Å². The number of nitrogens with zero attached hydrogens (tertiary/aromatic N) is 1. The highest BCUT2D eigenvalue weighted by atomic mass is 35.5. The van der Waals surface area contributed by atoms with Gasteiger partial charge in [-0.3, -0.25) is 14.3 Å². The Kier molecular flexibility index (Phi) is 8.89. The van der Waals surface area contributed by atoms with Crippen molar-refractivity contribution in [2.75, 3.05) is 18.4 Å². The minimum absolute atomic E-state index is 0.0388. The normalized spacial score (nSPS) is 11.9. The van der Waals surface area contributed by atoms with Gasteiger partial charge in [-0.2, -0.15) is 0 Å². The molecular weight excluding hydrogens is 509 g/mol. The molecule has 0 radical (unpaired) electrons. The zero-order valence-corrected chi connectivity index (χ0v) is 21.1. The molecule has 1 unspecified atom stereocenters. The first-order valence-electron chi connectivity index (χ1n) is 10.9. The van der Waals surface area contributed by atoms with Crippen LogP contribution < -0.4 is 14.8 Å². The molecule has 0 aromatic heterocycles. The number of anilines is 1. The van der Waals surface area contributed by atoms with Crippen molar-refractivity contribution in [3.05, 3.63) is 89.2 Å². The predicted molar refractivity (Wildman–Crippen MR) is 135 cm³/mol. The highest BCUT2D eigenvalue weighted by Crippen LogP contribution is 2.20. The number of hydrogen-bond acceptors (Lipinski definition) is 5. The number of carbonyl (C=O) groups excluding carboxylic acids is 2. The fourth-order valence-electron chi connectivity index (χ4n) is 3.25. The molecule has 3 aromatic carbocycles. The molecule has 36 heavy (non-hydrogen) atoms. The number of rotatable bonds is 10. The van der Waals surface area contributed by atoms with Gasteiger partial charge in [0.25, 0.3) is 15.9 Å². The summed E-state index contributed by atoms with van der Waals surface area (Å²) in [7, 11) is -2.42. The van der Waals surface area contributed by atoms with Crippen LogP contribution in [0.5, 0.6) is 5.75 Å². The van der Waals surface area contributed by atoms with E-state index in [2.05, 4.69) is 10.0 Å². The molecule has 0 aliphatic carbocycles. The highest BCUT2D eigenvalue weighted by molar-refractivity contribution is 7.92. The molecule has 8 nitrogen and oxygen atoms in total. The molecule has 3 rings (SSSR count). The van der Waals surface area contributed by atoms with E-state index in [9.17, 15) is 22.4 Å². The second-order valence-electron chi connectivity index (χ2n) is 7.81. The van der Waals surface area contributed by atoms with Gasteiger partial charge >= 0.3 is 0 Å². The number of nitrogens with one attached hydrogen (secondary N) is 2. The number of benzene rings is 3. The topological polar surface area (TPSA) is 105 Å². The van der Waals surface area contributed by atoms with Crippen LogP contribution in [0.15, 0.2) is 77.7 Å². The summed E-state index contributed by atoms with van der Waals surface area (Å²) in [5.74, 6) is -0.982. The number of halogens is 2. The Morgan fingerprint density at radius 1 is 1.00 bits per heavy atom. The van der Waals surface area contributed by atoms with Gasteiger partial charge in [0.05, 0.1) is 4.90 Å². The summed E-state index contributed by atoms with van der Waals surface area (Å²) >= 11 is 5.93. The van der Waals surface area contributed by atoms with Crippen molar-refractivity contribution in [1.29, 1.82) is 0 Å². The monoisotopic (exact) mass is 533 g/mol. The molecule has 0 saturated carbocycles. The average molecular weight is 534 g/mol. The smallest absolute Gasteiger partial charge is 0.261 e. The maximum absolute atomic E-state index is 13.0. The van der Waals surface area contributed by atoms with Gasteiger partial charge in [0.1, 0.15) is 17.6 Å². The Balaban J connectivity index is 1.67. The van der Waals surface area contributed by atoms with Crippen LogP contribution in [0.1, 0.15) is 12.5 Å². The maximum atomic E-state index is 13.0. The number of carbonyl (C=O) groups is 2. The predicted octanol–water partition coefficient (Wildman–Crippen LogP) is 3.82. The van der Waals surface area contributed by atoms with E-state index < -0.39 is 27.8 Å². The van der Waals surface area contributed by atoms with E-state index in [4.69, 9.17) is 16.3 Å². The first-order valence-corrected chi connectivity index (χ1v) is 12.7. The molecule has 0 aliphatic heterocycles. The van der Waals surface area contributed by atoms with Crippen molar-refractivity contribution >= 4 is 39.1 Å². The van der Waals surface area contributed by atoms with Gasteiger partial charge in [0, 0.05) is 24.3 Å². The number of sulfonamides is 1. The van der Waals surface area contributed by atoms with Gasteiger partial charge in [-0.15, -0.1) is 0 Å². The van der Waals surface area contributed by atoms with Gasteiger partial charge in [-0.05, 0) is 73.2 Å². The first kappa shape index (κ1) is 27.0. The summed E-state index contributed by atoms with van der Waals surface area (Å²) in [6, 6.07) is 16.6. The van der Waals surface area contributed by atoms with Gasteiger partial charge in [0.2, 0.25) is 5.91 Å². The van der Waals surface area contributed by atoms with Crippen molar-refractivity contribution in [2.45, 2.75) is 24.4 Å². The molecule has 0 heterocycles. The van der Waals surface area contributed by atoms with Gasteiger partial charge in [0.15, 0.2) is 6.61 Å². The second kappa shape index (κ2) is 11.9. The molecule has 0 bridgehead atoms. The molecule has 190 valence electrons. The lowest BCUT2D eigenvalue weighted by atomic mass is 10.1. The fourth-order valence-corrected chi connectivity index (χ4v) is 4.44. The van der Waals surface area contributed by atoms with Crippen LogP contribution in [0.3, 0.4) is 0 Å². The molecule has 2 amide bonds. The van der Waals surface area contributed by atoms with Crippen LogP contribution in [0.4, 0.5) is 10.1 Å². The zero-order valence-electron chi connectivity index (χ0n) is 19.6. The van der Waals surface area contributed by atoms with Crippen LogP contribution in [-0.4, -0.2) is 44.8 Å². The van der Waals surface area contributed by atoms with Crippen LogP contribution in [0.25, 0.3) is 0 Å². The van der Waals surface area contributed by atoms with E-state index >= 15 is 0 Å². The van der Waals surface area contributed by atoms with E-state index in [1.54, 1.807) is 31.2 Å². The Bertz CT molecular complexity index is 1300. The third kappa shape index (κ3) is 7.19. The van der Waals surface area contributed by atoms with Crippen LogP contribution in [-0.2, 0) is 26.2 Å². The summed E-state index contributed by atoms with van der Waals surface area (Å²) in [5, 5.41) is 3.09. The third-order valence-electron chi connectivity index (χ3n) is 5.27. The fraction of sp³-hybridized carbons (Fsp3) is 0.200. The number of ether oxygens (including phenoxy) is 1. The second-order valence-corrected chi connectivity index (χ2v) is 9.93. The van der Waals surface area contributed by atoms with Crippen molar-refractivity contribution < 1.29 is 27.1 Å². The molecule has 0 saturated heterocycles. The van der Waals surface area contributed by atoms with Crippen molar-refractivity contribution in [2.24, 2.45) is 0 Å². The van der Waals surface area contributed by atoms with E-state index in [0.717, 1.165) is 17.7 Å². The lowest BCUT2D eigenvalue weighted by molar-refractivity contribution is -0.142. The molecule has 0 spiro atoms. The van der Waals surface area contributed by atoms with Crippen LogP contribution >= 0.6 is 11.6 Å². The SMILES string of the molecule is CNC(=O)C(C)N(Cc1ccc(Cl)cc1)C(=O)COc1ccc(S(=O)(=O)Nc2ccc(F)cc2)cc1. The quantitative estimate of drug-likeness (QED) is 0.412. The third-order valence-corrected chi connectivity index (χ3v) is 6.92. The molecule has 1 atom stereocenters. The molecule has 2 N–H and O–H groups in total. The Hall–Kier alpha value is -3.63. The minimum atomic E-state index is -3.91. The summed E-state index contributed by atoms with van der Waals surface area (Å²) in [6.45, 7) is 1.41. The maximum Gasteiger partial charge on any atom is 0.261 e. The van der Waals surface area contributed by atoms with Crippen molar-refractivity contribution in [1.82, 2.24) is 10.2 Å². The Morgan fingerprint density at radius 2 is 1.61 bits per heavy atom. The van der Waals surface area contributed by atoms with E-state index in [1.165, 1.54) is 48.3 Å². The summed E-state index contributed by atoms with van der Waals surface area (Å²) in [6.07, 6.45) is 0. The number of hydrogen-bond donors (Lipinski definition) is 2. The summed E-state index contributed by atoms with van der Waals surface area (Å²) < 4.78 is 46.1. The number of amides is 2. The zero-order chi connectivity index (χ0) is 26.3. The lowest BCUT2D eigenvalue weighted by Crippen LogP contribution is -2.48. The molecular formula is C25H25ClFN3O5S.